The Morgan fingerprint density at radius 2 is 2.04 bits per heavy atom. The zero-order valence-corrected chi connectivity index (χ0v) is 14.5. The smallest absolute Gasteiger partial charge is 0.118 e. The van der Waals surface area contributed by atoms with Crippen molar-refractivity contribution < 1.29 is 4.74 Å². The summed E-state index contributed by atoms with van der Waals surface area (Å²) in [6.45, 7) is 4.63. The van der Waals surface area contributed by atoms with Crippen LogP contribution in [0, 0.1) is 11.8 Å². The highest BCUT2D eigenvalue weighted by Gasteiger charge is 2.45. The van der Waals surface area contributed by atoms with Gasteiger partial charge in [0.1, 0.15) is 5.75 Å². The first-order valence-corrected chi connectivity index (χ1v) is 9.03. The Morgan fingerprint density at radius 1 is 1.22 bits per heavy atom. The van der Waals surface area contributed by atoms with Crippen LogP contribution in [-0.4, -0.2) is 48.0 Å². The van der Waals surface area contributed by atoms with Crippen LogP contribution in [0.5, 0.6) is 5.75 Å². The molecule has 2 aromatic rings. The standard InChI is InChI=1S/C18H23N3OS/c1-20-9-15-10-21(8-13-7-19-23-12-13)11-17(15)18(20)14-3-5-16(22-2)6-4-14/h3-7,12,15,17-18H,8-11H2,1-2H3/t15-,17+,18+/m0/s1. The number of aromatic nitrogens is 1. The molecule has 0 amide bonds. The van der Waals surface area contributed by atoms with Crippen molar-refractivity contribution in [1.82, 2.24) is 14.2 Å². The van der Waals surface area contributed by atoms with Gasteiger partial charge in [-0.1, -0.05) is 12.1 Å². The van der Waals surface area contributed by atoms with Crippen LogP contribution in [0.2, 0.25) is 0 Å². The molecule has 0 spiro atoms. The third-order valence-electron chi connectivity index (χ3n) is 5.32. The molecule has 0 unspecified atom stereocenters. The number of likely N-dealkylation sites (tertiary alicyclic amines) is 2. The fraction of sp³-hybridized carbons (Fsp3) is 0.500. The molecule has 0 aliphatic carbocycles. The summed E-state index contributed by atoms with van der Waals surface area (Å²) in [5, 5.41) is 2.17. The number of rotatable bonds is 4. The van der Waals surface area contributed by atoms with Crippen LogP contribution in [0.15, 0.2) is 35.8 Å². The Labute approximate surface area is 141 Å². The maximum atomic E-state index is 5.29. The summed E-state index contributed by atoms with van der Waals surface area (Å²) in [5.74, 6) is 2.43. The van der Waals surface area contributed by atoms with Crippen LogP contribution in [0.1, 0.15) is 17.2 Å². The number of ether oxygens (including phenoxy) is 1. The minimum Gasteiger partial charge on any atom is -0.497 e. The molecule has 0 radical (unpaired) electrons. The predicted molar refractivity (Wildman–Crippen MR) is 92.7 cm³/mol. The van der Waals surface area contributed by atoms with Gasteiger partial charge in [-0.25, -0.2) is 4.37 Å². The van der Waals surface area contributed by atoms with E-state index in [9.17, 15) is 0 Å². The van der Waals surface area contributed by atoms with E-state index in [-0.39, 0.29) is 0 Å². The third-order valence-corrected chi connectivity index (χ3v) is 5.95. The van der Waals surface area contributed by atoms with Crippen LogP contribution in [0.4, 0.5) is 0 Å². The van der Waals surface area contributed by atoms with Gasteiger partial charge in [0.2, 0.25) is 0 Å². The maximum Gasteiger partial charge on any atom is 0.118 e. The summed E-state index contributed by atoms with van der Waals surface area (Å²) in [6, 6.07) is 9.15. The quantitative estimate of drug-likeness (QED) is 0.862. The van der Waals surface area contributed by atoms with Crippen molar-refractivity contribution in [2.45, 2.75) is 12.6 Å². The van der Waals surface area contributed by atoms with Crippen molar-refractivity contribution in [2.24, 2.45) is 11.8 Å². The number of hydrogen-bond acceptors (Lipinski definition) is 5. The molecule has 2 saturated heterocycles. The zero-order chi connectivity index (χ0) is 15.8. The van der Waals surface area contributed by atoms with Crippen molar-refractivity contribution in [3.05, 3.63) is 47.0 Å². The van der Waals surface area contributed by atoms with Crippen molar-refractivity contribution in [3.8, 4) is 5.75 Å². The van der Waals surface area contributed by atoms with Crippen molar-refractivity contribution in [1.29, 1.82) is 0 Å². The highest BCUT2D eigenvalue weighted by atomic mass is 32.1. The molecule has 1 aromatic heterocycles. The van der Waals surface area contributed by atoms with Gasteiger partial charge in [0.05, 0.1) is 7.11 Å². The molecule has 4 nitrogen and oxygen atoms in total. The van der Waals surface area contributed by atoms with Gasteiger partial charge in [-0.05, 0) is 53.7 Å². The normalized spacial score (nSPS) is 28.2. The summed E-state index contributed by atoms with van der Waals surface area (Å²) in [5.41, 5.74) is 2.77. The van der Waals surface area contributed by atoms with Crippen molar-refractivity contribution in [3.63, 3.8) is 0 Å². The molecule has 2 aliphatic rings. The molecule has 2 aliphatic heterocycles. The highest BCUT2D eigenvalue weighted by Crippen LogP contribution is 2.44. The second kappa shape index (κ2) is 6.23. The number of benzene rings is 1. The van der Waals surface area contributed by atoms with E-state index in [1.54, 1.807) is 18.6 Å². The van der Waals surface area contributed by atoms with Gasteiger partial charge in [0.25, 0.3) is 0 Å². The van der Waals surface area contributed by atoms with Crippen LogP contribution >= 0.6 is 11.5 Å². The molecule has 4 rings (SSSR count). The second-order valence-corrected chi connectivity index (χ2v) is 7.47. The predicted octanol–water partition coefficient (Wildman–Crippen LogP) is 2.89. The summed E-state index contributed by atoms with van der Waals surface area (Å²) in [7, 11) is 3.99. The zero-order valence-electron chi connectivity index (χ0n) is 13.7. The largest absolute Gasteiger partial charge is 0.497 e. The molecule has 3 atom stereocenters. The fourth-order valence-electron chi connectivity index (χ4n) is 4.34. The molecular weight excluding hydrogens is 306 g/mol. The SMILES string of the molecule is COc1ccc([C@@H]2[C@@H]3CN(Cc4cnsc4)C[C@@H]3CN2C)cc1. The highest BCUT2D eigenvalue weighted by molar-refractivity contribution is 7.03. The first-order valence-electron chi connectivity index (χ1n) is 8.19. The van der Waals surface area contributed by atoms with Crippen molar-refractivity contribution >= 4 is 11.5 Å². The molecule has 1 aromatic carbocycles. The number of hydrogen-bond donors (Lipinski definition) is 0. The van der Waals surface area contributed by atoms with Gasteiger partial charge >= 0.3 is 0 Å². The van der Waals surface area contributed by atoms with Gasteiger partial charge in [0, 0.05) is 43.8 Å². The van der Waals surface area contributed by atoms with Gasteiger partial charge < -0.3 is 4.74 Å². The van der Waals surface area contributed by atoms with E-state index in [1.165, 1.54) is 30.8 Å². The Hall–Kier alpha value is -1.43. The number of fused-ring (bicyclic) bond motifs is 1. The molecule has 5 heteroatoms. The summed E-state index contributed by atoms with van der Waals surface area (Å²) >= 11 is 1.55. The third kappa shape index (κ3) is 2.89. The molecule has 0 N–H and O–H groups in total. The molecule has 0 saturated carbocycles. The average molecular weight is 329 g/mol. The Bertz CT molecular complexity index is 643. The van der Waals surface area contributed by atoms with Crippen LogP contribution in [-0.2, 0) is 6.54 Å². The van der Waals surface area contributed by atoms with E-state index in [4.69, 9.17) is 4.74 Å². The number of nitrogens with zero attached hydrogens (tertiary/aromatic N) is 3. The summed E-state index contributed by atoms with van der Waals surface area (Å²) in [6.07, 6.45) is 2.01. The first-order chi connectivity index (χ1) is 11.2. The maximum absolute atomic E-state index is 5.29. The Morgan fingerprint density at radius 3 is 2.74 bits per heavy atom. The van der Waals surface area contributed by atoms with Gasteiger partial charge in [-0.3, -0.25) is 9.80 Å². The minimum atomic E-state index is 0.525. The minimum absolute atomic E-state index is 0.525. The monoisotopic (exact) mass is 329 g/mol. The molecule has 3 heterocycles. The molecule has 2 fully saturated rings. The fourth-order valence-corrected chi connectivity index (χ4v) is 4.87. The number of methoxy groups -OCH3 is 1. The van der Waals surface area contributed by atoms with E-state index in [0.717, 1.165) is 24.1 Å². The molecule has 122 valence electrons. The molecule has 0 bridgehead atoms. The average Bonchev–Trinajstić information content (AvgIpc) is 3.25. The van der Waals surface area contributed by atoms with Crippen LogP contribution < -0.4 is 4.74 Å². The summed E-state index contributed by atoms with van der Waals surface area (Å²) in [4.78, 5) is 5.13. The van der Waals surface area contributed by atoms with E-state index in [0.29, 0.717) is 6.04 Å². The second-order valence-electron chi connectivity index (χ2n) is 6.81. The van der Waals surface area contributed by atoms with E-state index in [1.807, 2.05) is 6.20 Å². The first kappa shape index (κ1) is 15.1. The lowest BCUT2D eigenvalue weighted by atomic mass is 9.89. The molecular formula is C18H23N3OS. The van der Waals surface area contributed by atoms with E-state index < -0.39 is 0 Å². The van der Waals surface area contributed by atoms with Crippen molar-refractivity contribution in [2.75, 3.05) is 33.8 Å². The Kier molecular flexibility index (Phi) is 4.09. The van der Waals surface area contributed by atoms with Crippen LogP contribution in [0.3, 0.4) is 0 Å². The lowest BCUT2D eigenvalue weighted by Crippen LogP contribution is -2.28. The van der Waals surface area contributed by atoms with Gasteiger partial charge in [-0.15, -0.1) is 0 Å². The van der Waals surface area contributed by atoms with E-state index in [2.05, 4.69) is 50.9 Å². The summed E-state index contributed by atoms with van der Waals surface area (Å²) < 4.78 is 9.52. The lowest BCUT2D eigenvalue weighted by molar-refractivity contribution is 0.224. The van der Waals surface area contributed by atoms with Gasteiger partial charge in [0.15, 0.2) is 0 Å². The van der Waals surface area contributed by atoms with Crippen LogP contribution in [0.25, 0.3) is 0 Å². The topological polar surface area (TPSA) is 28.6 Å². The Balaban J connectivity index is 1.49. The van der Waals surface area contributed by atoms with E-state index >= 15 is 0 Å². The lowest BCUT2D eigenvalue weighted by Gasteiger charge is -2.26. The van der Waals surface area contributed by atoms with Gasteiger partial charge in [-0.2, -0.15) is 0 Å². The molecule has 23 heavy (non-hydrogen) atoms.